The Morgan fingerprint density at radius 2 is 1.65 bits per heavy atom. The predicted molar refractivity (Wildman–Crippen MR) is 144 cm³/mol. The Morgan fingerprint density at radius 1 is 0.973 bits per heavy atom. The Hall–Kier alpha value is -4.24. The highest BCUT2D eigenvalue weighted by atomic mass is 32.1. The van der Waals surface area contributed by atoms with Gasteiger partial charge in [-0.05, 0) is 73.2 Å². The van der Waals surface area contributed by atoms with Gasteiger partial charge in [-0.25, -0.2) is 4.79 Å². The molecule has 0 aromatic heterocycles. The van der Waals surface area contributed by atoms with Crippen LogP contribution >= 0.6 is 12.2 Å². The maximum absolute atomic E-state index is 13.5. The van der Waals surface area contributed by atoms with E-state index in [0.29, 0.717) is 28.6 Å². The number of rotatable bonds is 9. The number of carbonyl (C=O) groups is 3. The fourth-order valence-electron chi connectivity index (χ4n) is 4.05. The lowest BCUT2D eigenvalue weighted by Crippen LogP contribution is -2.37. The molecular weight excluding hydrogens is 490 g/mol. The van der Waals surface area contributed by atoms with Crippen molar-refractivity contribution in [1.82, 2.24) is 4.90 Å². The number of amides is 2. The van der Waals surface area contributed by atoms with Crippen LogP contribution in [0.15, 0.2) is 78.9 Å². The summed E-state index contributed by atoms with van der Waals surface area (Å²) in [6.45, 7) is 2.37. The van der Waals surface area contributed by atoms with E-state index in [2.05, 4.69) is 5.32 Å². The van der Waals surface area contributed by atoms with E-state index >= 15 is 0 Å². The van der Waals surface area contributed by atoms with Crippen molar-refractivity contribution in [3.05, 3.63) is 90.0 Å². The van der Waals surface area contributed by atoms with Gasteiger partial charge in [-0.1, -0.05) is 30.3 Å². The highest BCUT2D eigenvalue weighted by Crippen LogP contribution is 2.29. The third kappa shape index (κ3) is 5.95. The van der Waals surface area contributed by atoms with Crippen LogP contribution in [-0.2, 0) is 20.9 Å². The quantitative estimate of drug-likeness (QED) is 0.332. The zero-order valence-corrected chi connectivity index (χ0v) is 21.4. The Labute approximate surface area is 220 Å². The molecule has 1 unspecified atom stereocenters. The molecule has 1 fully saturated rings. The maximum Gasteiger partial charge on any atom is 0.338 e. The van der Waals surface area contributed by atoms with Gasteiger partial charge >= 0.3 is 5.97 Å². The van der Waals surface area contributed by atoms with Crippen molar-refractivity contribution < 1.29 is 23.9 Å². The summed E-state index contributed by atoms with van der Waals surface area (Å²) < 4.78 is 10.2. The number of nitrogens with zero attached hydrogens (tertiary/aromatic N) is 2. The summed E-state index contributed by atoms with van der Waals surface area (Å²) in [4.78, 5) is 41.7. The first-order valence-corrected chi connectivity index (χ1v) is 12.2. The SMILES string of the molecule is CCOC(=O)c1ccc(NC(=O)CC2C(=O)N(c3ccccc3)C(=S)N2Cc2ccc(OC)cc2)cc1. The molecule has 1 heterocycles. The fourth-order valence-corrected chi connectivity index (χ4v) is 4.43. The van der Waals surface area contributed by atoms with Crippen LogP contribution in [0.5, 0.6) is 5.75 Å². The van der Waals surface area contributed by atoms with Gasteiger partial charge < -0.3 is 19.7 Å². The second-order valence-electron chi connectivity index (χ2n) is 8.33. The summed E-state index contributed by atoms with van der Waals surface area (Å²) in [5.74, 6) is -0.322. The summed E-state index contributed by atoms with van der Waals surface area (Å²) in [6, 6.07) is 22.2. The van der Waals surface area contributed by atoms with Gasteiger partial charge in [-0.15, -0.1) is 0 Å². The number of para-hydroxylation sites is 1. The van der Waals surface area contributed by atoms with E-state index in [-0.39, 0.29) is 24.8 Å². The summed E-state index contributed by atoms with van der Waals surface area (Å²) >= 11 is 5.72. The lowest BCUT2D eigenvalue weighted by atomic mass is 10.1. The zero-order valence-electron chi connectivity index (χ0n) is 20.5. The molecule has 9 heteroatoms. The van der Waals surface area contributed by atoms with Crippen molar-refractivity contribution in [2.45, 2.75) is 25.9 Å². The van der Waals surface area contributed by atoms with E-state index in [1.165, 1.54) is 4.90 Å². The first-order valence-electron chi connectivity index (χ1n) is 11.8. The van der Waals surface area contributed by atoms with Crippen molar-refractivity contribution >= 4 is 46.5 Å². The van der Waals surface area contributed by atoms with Crippen LogP contribution in [0.3, 0.4) is 0 Å². The largest absolute Gasteiger partial charge is 0.497 e. The third-order valence-electron chi connectivity index (χ3n) is 5.90. The number of benzene rings is 3. The first-order chi connectivity index (χ1) is 17.9. The predicted octanol–water partition coefficient (Wildman–Crippen LogP) is 4.40. The van der Waals surface area contributed by atoms with Gasteiger partial charge in [-0.3, -0.25) is 14.5 Å². The molecule has 3 aromatic rings. The van der Waals surface area contributed by atoms with E-state index < -0.39 is 12.0 Å². The van der Waals surface area contributed by atoms with E-state index in [9.17, 15) is 14.4 Å². The number of nitrogens with one attached hydrogen (secondary N) is 1. The molecule has 1 N–H and O–H groups in total. The topological polar surface area (TPSA) is 88.2 Å². The second-order valence-corrected chi connectivity index (χ2v) is 8.70. The van der Waals surface area contributed by atoms with Gasteiger partial charge in [-0.2, -0.15) is 0 Å². The molecule has 4 rings (SSSR count). The van der Waals surface area contributed by atoms with Gasteiger partial charge in [0.15, 0.2) is 5.11 Å². The molecule has 1 aliphatic heterocycles. The molecule has 1 aliphatic rings. The molecule has 1 atom stereocenters. The Kier molecular flexibility index (Phi) is 8.15. The molecular formula is C28H27N3O5S. The van der Waals surface area contributed by atoms with Gasteiger partial charge in [0.25, 0.3) is 5.91 Å². The van der Waals surface area contributed by atoms with Gasteiger partial charge in [0.2, 0.25) is 5.91 Å². The van der Waals surface area contributed by atoms with Gasteiger partial charge in [0.05, 0.1) is 31.4 Å². The van der Waals surface area contributed by atoms with Crippen molar-refractivity contribution in [1.29, 1.82) is 0 Å². The third-order valence-corrected chi connectivity index (χ3v) is 6.32. The average Bonchev–Trinajstić information content (AvgIpc) is 3.14. The second kappa shape index (κ2) is 11.7. The normalized spacial score (nSPS) is 15.0. The lowest BCUT2D eigenvalue weighted by molar-refractivity contribution is -0.124. The summed E-state index contributed by atoms with van der Waals surface area (Å²) in [7, 11) is 1.60. The van der Waals surface area contributed by atoms with Crippen LogP contribution < -0.4 is 15.0 Å². The van der Waals surface area contributed by atoms with Crippen molar-refractivity contribution in [2.75, 3.05) is 23.9 Å². The lowest BCUT2D eigenvalue weighted by Gasteiger charge is -2.24. The van der Waals surface area contributed by atoms with Crippen molar-refractivity contribution in [3.8, 4) is 5.75 Å². The molecule has 1 saturated heterocycles. The molecule has 0 saturated carbocycles. The highest BCUT2D eigenvalue weighted by Gasteiger charge is 2.44. The first kappa shape index (κ1) is 25.8. The van der Waals surface area contributed by atoms with Crippen LogP contribution in [0.2, 0.25) is 0 Å². The molecule has 190 valence electrons. The Balaban J connectivity index is 1.53. The molecule has 3 aromatic carbocycles. The molecule has 0 spiro atoms. The molecule has 8 nitrogen and oxygen atoms in total. The zero-order chi connectivity index (χ0) is 26.4. The van der Waals surface area contributed by atoms with E-state index in [1.807, 2.05) is 54.6 Å². The smallest absolute Gasteiger partial charge is 0.338 e. The number of carbonyl (C=O) groups excluding carboxylic acids is 3. The number of methoxy groups -OCH3 is 1. The minimum absolute atomic E-state index is 0.0991. The molecule has 2 amide bonds. The van der Waals surface area contributed by atoms with E-state index in [1.54, 1.807) is 43.2 Å². The van der Waals surface area contributed by atoms with Crippen LogP contribution in [0.25, 0.3) is 0 Å². The molecule has 37 heavy (non-hydrogen) atoms. The number of esters is 1. The van der Waals surface area contributed by atoms with Crippen molar-refractivity contribution in [3.63, 3.8) is 0 Å². The monoisotopic (exact) mass is 517 g/mol. The maximum atomic E-state index is 13.5. The molecule has 0 radical (unpaired) electrons. The van der Waals surface area contributed by atoms with Crippen LogP contribution in [0.1, 0.15) is 29.3 Å². The standard InChI is InChI=1S/C28H27N3O5S/c1-3-36-27(34)20-11-13-21(14-12-20)29-25(32)17-24-26(33)31(22-7-5-4-6-8-22)28(37)30(24)18-19-9-15-23(35-2)16-10-19/h4-16,24H,3,17-18H2,1-2H3,(H,29,32). The van der Waals surface area contributed by atoms with Crippen LogP contribution in [-0.4, -0.2) is 47.6 Å². The minimum atomic E-state index is -0.784. The van der Waals surface area contributed by atoms with Crippen molar-refractivity contribution in [2.24, 2.45) is 0 Å². The highest BCUT2D eigenvalue weighted by molar-refractivity contribution is 7.80. The van der Waals surface area contributed by atoms with E-state index in [4.69, 9.17) is 21.7 Å². The number of hydrogen-bond donors (Lipinski definition) is 1. The summed E-state index contributed by atoms with van der Waals surface area (Å²) in [5.41, 5.74) is 2.47. The molecule has 0 bridgehead atoms. The number of ether oxygens (including phenoxy) is 2. The fraction of sp³-hybridized carbons (Fsp3) is 0.214. The number of thiocarbonyl (C=S) groups is 1. The number of anilines is 2. The Morgan fingerprint density at radius 3 is 2.27 bits per heavy atom. The summed E-state index contributed by atoms with van der Waals surface area (Å²) in [6.07, 6.45) is -0.0991. The molecule has 0 aliphatic carbocycles. The average molecular weight is 518 g/mol. The Bertz CT molecular complexity index is 1280. The number of hydrogen-bond acceptors (Lipinski definition) is 6. The van der Waals surface area contributed by atoms with Gasteiger partial charge in [0.1, 0.15) is 11.8 Å². The van der Waals surface area contributed by atoms with Crippen LogP contribution in [0, 0.1) is 0 Å². The minimum Gasteiger partial charge on any atom is -0.497 e. The van der Waals surface area contributed by atoms with E-state index in [0.717, 1.165) is 11.3 Å². The summed E-state index contributed by atoms with van der Waals surface area (Å²) in [5, 5.41) is 3.14. The van der Waals surface area contributed by atoms with Gasteiger partial charge in [0, 0.05) is 12.2 Å². The van der Waals surface area contributed by atoms with Crippen LogP contribution in [0.4, 0.5) is 11.4 Å².